The molecule has 0 amide bonds. The number of hydrogen-bond acceptors (Lipinski definition) is 6. The summed E-state index contributed by atoms with van der Waals surface area (Å²) in [7, 11) is 0. The van der Waals surface area contributed by atoms with E-state index in [1.54, 1.807) is 11.3 Å². The highest BCUT2D eigenvalue weighted by Crippen LogP contribution is 2.54. The number of rotatable bonds is 2. The number of ether oxygens (including phenoxy) is 1. The average molecular weight is 357 g/mol. The second-order valence-corrected chi connectivity index (χ2v) is 8.96. The Kier molecular flexibility index (Phi) is 3.23. The zero-order valence-electron chi connectivity index (χ0n) is 14.3. The van der Waals surface area contributed by atoms with Crippen molar-refractivity contribution in [3.05, 3.63) is 11.2 Å². The Bertz CT molecular complexity index is 781. The number of aromatic nitrogens is 4. The molecule has 6 nitrogen and oxygen atoms in total. The molecular formula is C18H23N5OS. The Morgan fingerprint density at radius 1 is 1.00 bits per heavy atom. The van der Waals surface area contributed by atoms with Crippen LogP contribution in [0.15, 0.2) is 5.38 Å². The van der Waals surface area contributed by atoms with Crippen LogP contribution in [0.4, 0.5) is 5.13 Å². The SMILES string of the molecule is c1sc(N2CCOCC2)nc1-c1nnc2n1C1CC3CC(CC2C3)C1. The summed E-state index contributed by atoms with van der Waals surface area (Å²) in [5, 5.41) is 12.5. The standard InChI is InChI=1S/C18H23N5OS/c1-3-24-4-2-22(1)18-19-15(10-25-18)17-21-20-16-13-6-11-5-12(7-13)9-14(8-11)23(16)17/h10-14H,1-9H2. The fraction of sp³-hybridized carbons (Fsp3) is 0.722. The van der Waals surface area contributed by atoms with Gasteiger partial charge >= 0.3 is 0 Å². The summed E-state index contributed by atoms with van der Waals surface area (Å²) >= 11 is 1.72. The molecular weight excluding hydrogens is 334 g/mol. The van der Waals surface area contributed by atoms with Gasteiger partial charge in [0.15, 0.2) is 11.0 Å². The summed E-state index contributed by atoms with van der Waals surface area (Å²) in [6, 6.07) is 0.588. The Balaban J connectivity index is 1.38. The molecule has 7 rings (SSSR count). The fourth-order valence-corrected chi connectivity index (χ4v) is 6.48. The minimum atomic E-state index is 0.588. The molecule has 25 heavy (non-hydrogen) atoms. The lowest BCUT2D eigenvalue weighted by atomic mass is 9.68. The summed E-state index contributed by atoms with van der Waals surface area (Å²) in [5.41, 5.74) is 1.01. The van der Waals surface area contributed by atoms with Crippen molar-refractivity contribution in [2.24, 2.45) is 11.8 Å². The van der Waals surface area contributed by atoms with Crippen molar-refractivity contribution in [2.75, 3.05) is 31.2 Å². The number of morpholine rings is 1. The van der Waals surface area contributed by atoms with E-state index < -0.39 is 0 Å². The molecule has 132 valence electrons. The van der Waals surface area contributed by atoms with Crippen molar-refractivity contribution in [2.45, 2.75) is 44.1 Å². The third kappa shape index (κ3) is 2.28. The maximum absolute atomic E-state index is 5.46. The first-order valence-electron chi connectivity index (χ1n) is 9.58. The van der Waals surface area contributed by atoms with Gasteiger partial charge in [-0.2, -0.15) is 0 Å². The average Bonchev–Trinajstić information content (AvgIpc) is 3.25. The van der Waals surface area contributed by atoms with Gasteiger partial charge in [-0.1, -0.05) is 0 Å². The topological polar surface area (TPSA) is 56.1 Å². The van der Waals surface area contributed by atoms with E-state index in [2.05, 4.69) is 25.0 Å². The van der Waals surface area contributed by atoms with E-state index in [0.29, 0.717) is 12.0 Å². The van der Waals surface area contributed by atoms with Gasteiger partial charge in [0.1, 0.15) is 11.5 Å². The van der Waals surface area contributed by atoms with Crippen LogP contribution in [0.5, 0.6) is 0 Å². The van der Waals surface area contributed by atoms with Gasteiger partial charge in [0.25, 0.3) is 0 Å². The van der Waals surface area contributed by atoms with Crippen LogP contribution >= 0.6 is 11.3 Å². The molecule has 2 saturated carbocycles. The first kappa shape index (κ1) is 14.7. The van der Waals surface area contributed by atoms with E-state index in [9.17, 15) is 0 Å². The highest BCUT2D eigenvalue weighted by molar-refractivity contribution is 7.14. The summed E-state index contributed by atoms with van der Waals surface area (Å²) in [5.74, 6) is 4.66. The van der Waals surface area contributed by atoms with Crippen molar-refractivity contribution in [3.63, 3.8) is 0 Å². The minimum absolute atomic E-state index is 0.588. The first-order chi connectivity index (χ1) is 12.3. The molecule has 2 aliphatic carbocycles. The molecule has 2 aromatic heterocycles. The Morgan fingerprint density at radius 2 is 1.80 bits per heavy atom. The molecule has 0 radical (unpaired) electrons. The maximum atomic E-state index is 5.46. The number of thiazole rings is 1. The normalized spacial score (nSPS) is 33.5. The number of anilines is 1. The smallest absolute Gasteiger partial charge is 0.186 e. The molecule has 1 saturated heterocycles. The van der Waals surface area contributed by atoms with Crippen LogP contribution in [-0.2, 0) is 4.74 Å². The van der Waals surface area contributed by atoms with Crippen LogP contribution in [0.2, 0.25) is 0 Å². The van der Waals surface area contributed by atoms with Gasteiger partial charge in [-0.3, -0.25) is 0 Å². The number of hydrogen-bond donors (Lipinski definition) is 0. The lowest BCUT2D eigenvalue weighted by molar-refractivity contribution is 0.122. The van der Waals surface area contributed by atoms with E-state index in [4.69, 9.17) is 9.72 Å². The minimum Gasteiger partial charge on any atom is -0.378 e. The van der Waals surface area contributed by atoms with Crippen LogP contribution in [0.25, 0.3) is 11.5 Å². The Labute approximate surface area is 151 Å². The third-order valence-corrected chi connectivity index (χ3v) is 7.47. The van der Waals surface area contributed by atoms with Gasteiger partial charge in [-0.15, -0.1) is 21.5 Å². The van der Waals surface area contributed by atoms with Crippen molar-refractivity contribution in [1.29, 1.82) is 0 Å². The molecule has 5 aliphatic rings. The van der Waals surface area contributed by atoms with E-state index in [-0.39, 0.29) is 0 Å². The third-order valence-electron chi connectivity index (χ3n) is 6.57. The van der Waals surface area contributed by atoms with Gasteiger partial charge in [-0.05, 0) is 43.9 Å². The first-order valence-corrected chi connectivity index (χ1v) is 10.5. The predicted octanol–water partition coefficient (Wildman–Crippen LogP) is 3.09. The quantitative estimate of drug-likeness (QED) is 0.827. The summed E-state index contributed by atoms with van der Waals surface area (Å²) < 4.78 is 7.93. The zero-order valence-corrected chi connectivity index (χ0v) is 15.1. The molecule has 3 fully saturated rings. The summed E-state index contributed by atoms with van der Waals surface area (Å²) in [6.07, 6.45) is 6.71. The van der Waals surface area contributed by atoms with E-state index in [1.165, 1.54) is 37.9 Å². The van der Waals surface area contributed by atoms with Crippen LogP contribution < -0.4 is 4.90 Å². The van der Waals surface area contributed by atoms with Gasteiger partial charge in [-0.25, -0.2) is 4.98 Å². The monoisotopic (exact) mass is 357 g/mol. The highest BCUT2D eigenvalue weighted by Gasteiger charge is 2.44. The van der Waals surface area contributed by atoms with Crippen molar-refractivity contribution in [1.82, 2.24) is 19.7 Å². The van der Waals surface area contributed by atoms with Crippen molar-refractivity contribution in [3.8, 4) is 11.5 Å². The van der Waals surface area contributed by atoms with Crippen LogP contribution in [0.1, 0.15) is 49.9 Å². The van der Waals surface area contributed by atoms with E-state index in [1.807, 2.05) is 0 Å². The maximum Gasteiger partial charge on any atom is 0.186 e. The van der Waals surface area contributed by atoms with Crippen LogP contribution in [0.3, 0.4) is 0 Å². The van der Waals surface area contributed by atoms with Crippen molar-refractivity contribution < 1.29 is 4.74 Å². The highest BCUT2D eigenvalue weighted by atomic mass is 32.1. The lowest BCUT2D eigenvalue weighted by Crippen LogP contribution is -2.36. The van der Waals surface area contributed by atoms with Gasteiger partial charge in [0, 0.05) is 30.4 Å². The molecule has 2 atom stereocenters. The molecule has 0 spiro atoms. The van der Waals surface area contributed by atoms with E-state index >= 15 is 0 Å². The Hall–Kier alpha value is -1.47. The molecule has 3 aliphatic heterocycles. The molecule has 0 N–H and O–H groups in total. The molecule has 7 heteroatoms. The second-order valence-electron chi connectivity index (χ2n) is 8.13. The molecule has 2 aromatic rings. The molecule has 4 bridgehead atoms. The van der Waals surface area contributed by atoms with E-state index in [0.717, 1.165) is 54.8 Å². The van der Waals surface area contributed by atoms with Crippen molar-refractivity contribution >= 4 is 16.5 Å². The van der Waals surface area contributed by atoms with Gasteiger partial charge < -0.3 is 14.2 Å². The Morgan fingerprint density at radius 3 is 2.60 bits per heavy atom. The van der Waals surface area contributed by atoms with Gasteiger partial charge in [0.05, 0.1) is 13.2 Å². The van der Waals surface area contributed by atoms with Gasteiger partial charge in [0.2, 0.25) is 0 Å². The molecule has 5 heterocycles. The summed E-state index contributed by atoms with van der Waals surface area (Å²) in [6.45, 7) is 3.45. The summed E-state index contributed by atoms with van der Waals surface area (Å²) in [4.78, 5) is 7.25. The van der Waals surface area contributed by atoms with Crippen LogP contribution in [-0.4, -0.2) is 46.1 Å². The molecule has 0 aromatic carbocycles. The molecule has 2 unspecified atom stereocenters. The lowest BCUT2D eigenvalue weighted by Gasteiger charge is -2.38. The largest absolute Gasteiger partial charge is 0.378 e. The number of nitrogens with zero attached hydrogens (tertiary/aromatic N) is 5. The predicted molar refractivity (Wildman–Crippen MR) is 96.0 cm³/mol. The second kappa shape index (κ2) is 5.51. The zero-order chi connectivity index (χ0) is 16.4. The fourth-order valence-electron chi connectivity index (χ4n) is 5.62. The van der Waals surface area contributed by atoms with Crippen LogP contribution in [0, 0.1) is 11.8 Å².